The van der Waals surface area contributed by atoms with Gasteiger partial charge in [-0.3, -0.25) is 24.7 Å². The second-order valence-corrected chi connectivity index (χ2v) is 23.4. The van der Waals surface area contributed by atoms with E-state index in [0.717, 1.165) is 82.3 Å². The highest BCUT2D eigenvalue weighted by molar-refractivity contribution is 7.90. The zero-order valence-corrected chi connectivity index (χ0v) is 43.5. The first-order valence-corrected chi connectivity index (χ1v) is 27.1. The summed E-state index contributed by atoms with van der Waals surface area (Å²) in [5.41, 5.74) is 3.82. The van der Waals surface area contributed by atoms with Crippen LogP contribution in [0.5, 0.6) is 17.2 Å². The van der Waals surface area contributed by atoms with E-state index in [0.29, 0.717) is 47.8 Å². The first-order chi connectivity index (χ1) is 35.4. The molecule has 2 aliphatic carbocycles. The van der Waals surface area contributed by atoms with Crippen molar-refractivity contribution in [2.45, 2.75) is 94.3 Å². The molecule has 19 heteroatoms. The molecule has 2 aromatic heterocycles. The minimum atomic E-state index is -4.65. The van der Waals surface area contributed by atoms with E-state index in [1.165, 1.54) is 47.8 Å². The summed E-state index contributed by atoms with van der Waals surface area (Å²) in [7, 11) is -3.01. The first-order valence-electron chi connectivity index (χ1n) is 25.3. The normalized spacial score (nSPS) is 21.3. The number of aliphatic hydroxyl groups is 1. The summed E-state index contributed by atoms with van der Waals surface area (Å²) in [5.74, 6) is -0.240. The fourth-order valence-electron chi connectivity index (χ4n) is 11.6. The van der Waals surface area contributed by atoms with E-state index in [9.17, 15) is 32.8 Å². The lowest BCUT2D eigenvalue weighted by Gasteiger charge is -2.63. The van der Waals surface area contributed by atoms with Gasteiger partial charge in [-0.2, -0.15) is 0 Å². The molecular weight excluding hydrogens is 987 g/mol. The van der Waals surface area contributed by atoms with Gasteiger partial charge in [0.25, 0.3) is 21.6 Å². The van der Waals surface area contributed by atoms with E-state index in [1.807, 2.05) is 12.1 Å². The van der Waals surface area contributed by atoms with Crippen molar-refractivity contribution in [3.8, 4) is 17.2 Å². The molecule has 1 amide bonds. The number of ether oxygens (including phenoxy) is 2. The molecule has 1 atom stereocenters. The van der Waals surface area contributed by atoms with Crippen LogP contribution >= 0.6 is 11.6 Å². The number of nitrogens with zero attached hydrogens (tertiary/aromatic N) is 5. The molecule has 0 bridgehead atoms. The van der Waals surface area contributed by atoms with Gasteiger partial charge in [-0.1, -0.05) is 55.8 Å². The number of amides is 1. The Balaban J connectivity index is 0.849. The topological polar surface area (TPSA) is 195 Å². The molecule has 74 heavy (non-hydrogen) atoms. The number of piperazine rings is 1. The lowest BCUT2D eigenvalue weighted by molar-refractivity contribution is -0.384. The number of pyridine rings is 1. The molecule has 16 nitrogen and oxygen atoms in total. The zero-order valence-electron chi connectivity index (χ0n) is 41.9. The molecule has 10 rings (SSSR count). The van der Waals surface area contributed by atoms with Gasteiger partial charge in [0, 0.05) is 87.3 Å². The maximum atomic E-state index is 14.7. The number of nitrogens with one attached hydrogen (secondary N) is 3. The van der Waals surface area contributed by atoms with Crippen LogP contribution in [0.25, 0.3) is 11.0 Å². The maximum Gasteiger partial charge on any atom is 0.293 e. The molecule has 4 aromatic carbocycles. The smallest absolute Gasteiger partial charge is 0.293 e. The number of nitro benzene ring substituents is 1. The third kappa shape index (κ3) is 10.6. The number of sulfonamides is 1. The Morgan fingerprint density at radius 2 is 1.80 bits per heavy atom. The molecule has 4 heterocycles. The Labute approximate surface area is 435 Å². The molecular formula is C55H62ClFN8O8S. The van der Waals surface area contributed by atoms with Crippen LogP contribution in [-0.4, -0.2) is 102 Å². The maximum absolute atomic E-state index is 14.7. The molecule has 2 aliphatic heterocycles. The summed E-state index contributed by atoms with van der Waals surface area (Å²) in [6.07, 6.45) is 7.31. The van der Waals surface area contributed by atoms with Crippen molar-refractivity contribution in [1.29, 1.82) is 0 Å². The molecule has 390 valence electrons. The third-order valence-corrected chi connectivity index (χ3v) is 17.3. The van der Waals surface area contributed by atoms with Gasteiger partial charge in [0.2, 0.25) is 0 Å². The molecule has 0 unspecified atom stereocenters. The largest absolute Gasteiger partial charge is 0.495 e. The van der Waals surface area contributed by atoms with Crippen molar-refractivity contribution in [3.63, 3.8) is 0 Å². The fraction of sp³-hybridized carbons (Fsp3) is 0.418. The second kappa shape index (κ2) is 20.4. The van der Waals surface area contributed by atoms with Gasteiger partial charge < -0.3 is 29.8 Å². The van der Waals surface area contributed by atoms with Crippen LogP contribution in [0.15, 0.2) is 102 Å². The number of carbonyl (C=O) groups excluding carboxylic acids is 1. The van der Waals surface area contributed by atoms with Crippen LogP contribution in [0.1, 0.15) is 98.3 Å². The number of nitro groups is 1. The molecule has 0 radical (unpaired) electrons. The first kappa shape index (κ1) is 51.2. The Bertz CT molecular complexity index is 3200. The number of carbonyl (C=O) groups is 1. The number of rotatable bonds is 16. The average molecular weight is 1050 g/mol. The minimum Gasteiger partial charge on any atom is -0.495 e. The highest BCUT2D eigenvalue weighted by Gasteiger charge is 2.55. The Hall–Kier alpha value is -6.31. The number of benzene rings is 4. The van der Waals surface area contributed by atoms with Gasteiger partial charge in [-0.05, 0) is 116 Å². The number of halogens is 2. The summed E-state index contributed by atoms with van der Waals surface area (Å²) in [6, 6.07) is 25.2. The summed E-state index contributed by atoms with van der Waals surface area (Å²) in [5, 5.41) is 26.4. The van der Waals surface area contributed by atoms with E-state index in [2.05, 4.69) is 78.9 Å². The highest BCUT2D eigenvalue weighted by Crippen LogP contribution is 2.54. The molecule has 6 aromatic rings. The van der Waals surface area contributed by atoms with Crippen LogP contribution in [0.3, 0.4) is 0 Å². The number of H-pyrrole nitrogens is 1. The molecule has 1 spiro atoms. The van der Waals surface area contributed by atoms with Crippen LogP contribution in [0, 0.1) is 27.3 Å². The van der Waals surface area contributed by atoms with E-state index in [4.69, 9.17) is 21.1 Å². The quantitative estimate of drug-likeness (QED) is 0.0529. The number of anilines is 2. The Morgan fingerprint density at radius 1 is 1.03 bits per heavy atom. The number of fused-ring (bicyclic) bond motifs is 1. The van der Waals surface area contributed by atoms with E-state index < -0.39 is 42.9 Å². The van der Waals surface area contributed by atoms with Crippen molar-refractivity contribution >= 4 is 55.6 Å². The second-order valence-electron chi connectivity index (χ2n) is 21.3. The van der Waals surface area contributed by atoms with Gasteiger partial charge in [0.05, 0.1) is 44.7 Å². The van der Waals surface area contributed by atoms with Crippen LogP contribution < -0.4 is 24.4 Å². The predicted octanol–water partition coefficient (Wildman–Crippen LogP) is 10.2. The predicted molar refractivity (Wildman–Crippen MR) is 282 cm³/mol. The number of aromatic amines is 1. The van der Waals surface area contributed by atoms with Crippen LogP contribution in [0.2, 0.25) is 5.02 Å². The van der Waals surface area contributed by atoms with Gasteiger partial charge in [-0.15, -0.1) is 0 Å². The van der Waals surface area contributed by atoms with Gasteiger partial charge in [0.1, 0.15) is 34.4 Å². The lowest BCUT2D eigenvalue weighted by Crippen LogP contribution is -2.68. The van der Waals surface area contributed by atoms with Gasteiger partial charge in [0.15, 0.2) is 0 Å². The minimum absolute atomic E-state index is 0.0102. The standard InChI is InChI=1S/C55H62ClFN8O8S/c1-34(2)41-7-5-6-8-42(41)49-31-62(30-36-9-13-45(56)51(21-36)72-4)19-20-64(49)38-25-55(26-38)32-63(33-55)37-10-12-43(50(22-37)73-39-23-44-46(57)29-60-52(44)59-28-39)53(66)61-74(70,71)40-11-14-47(48(24-40)65(68)69)58-27-35-15-17-54(3,67)18-16-35/h5-14,21-24,28-29,34-35,38,49,58,67H,15-20,25-27,30-33H2,1-4H3,(H,59,60)(H,61,66)/t35?,49-,54?/m0/s1. The van der Waals surface area contributed by atoms with Crippen molar-refractivity contribution in [1.82, 2.24) is 24.5 Å². The number of hydrogen-bond donors (Lipinski definition) is 4. The molecule has 4 fully saturated rings. The van der Waals surface area contributed by atoms with Crippen molar-refractivity contribution in [3.05, 3.63) is 141 Å². The van der Waals surface area contributed by atoms with E-state index >= 15 is 0 Å². The molecule has 2 saturated heterocycles. The van der Waals surface area contributed by atoms with Crippen molar-refractivity contribution in [2.75, 3.05) is 56.6 Å². The average Bonchev–Trinajstić information content (AvgIpc) is 3.74. The van der Waals surface area contributed by atoms with E-state index in [1.54, 1.807) is 26.2 Å². The molecule has 4 aliphatic rings. The van der Waals surface area contributed by atoms with Gasteiger partial charge in [-0.25, -0.2) is 22.5 Å². The van der Waals surface area contributed by atoms with Crippen LogP contribution in [0.4, 0.5) is 21.5 Å². The monoisotopic (exact) mass is 1050 g/mol. The molecule has 2 saturated carbocycles. The van der Waals surface area contributed by atoms with Gasteiger partial charge >= 0.3 is 0 Å². The number of methoxy groups -OCH3 is 1. The van der Waals surface area contributed by atoms with Crippen molar-refractivity contribution < 1.29 is 37.1 Å². The lowest BCUT2D eigenvalue weighted by atomic mass is 9.59. The Kier molecular flexibility index (Phi) is 14.1. The van der Waals surface area contributed by atoms with Crippen molar-refractivity contribution in [2.24, 2.45) is 11.3 Å². The highest BCUT2D eigenvalue weighted by atomic mass is 35.5. The summed E-state index contributed by atoms with van der Waals surface area (Å²) >= 11 is 6.38. The van der Waals surface area contributed by atoms with Crippen LogP contribution in [-0.2, 0) is 16.6 Å². The summed E-state index contributed by atoms with van der Waals surface area (Å²) in [6.45, 7) is 11.7. The van der Waals surface area contributed by atoms with E-state index in [-0.39, 0.29) is 45.5 Å². The zero-order chi connectivity index (χ0) is 52.1. The summed E-state index contributed by atoms with van der Waals surface area (Å²) < 4.78 is 56.3. The SMILES string of the molecule is COc1cc(CN2CCN(C3CC4(C3)CN(c3ccc(C(=O)NS(=O)(=O)c5ccc(NCC6CCC(C)(O)CC6)c([N+](=O)[O-])c5)c(Oc5cnc6[nH]cc(F)c6c5)c3)C4)[C@H](c3ccccc3C(C)C)C2)ccc1Cl. The fourth-order valence-corrected chi connectivity index (χ4v) is 12.8. The number of hydrogen-bond acceptors (Lipinski definition) is 13. The third-order valence-electron chi connectivity index (χ3n) is 15.7. The Morgan fingerprint density at radius 3 is 2.54 bits per heavy atom. The summed E-state index contributed by atoms with van der Waals surface area (Å²) in [4.78, 5) is 39.6. The number of aromatic nitrogens is 2. The molecule has 4 N–H and O–H groups in total.